The highest BCUT2D eigenvalue weighted by Crippen LogP contribution is 2.34. The first-order chi connectivity index (χ1) is 11.5. The van der Waals surface area contributed by atoms with Crippen LogP contribution in [-0.2, 0) is 15.3 Å². The van der Waals surface area contributed by atoms with Gasteiger partial charge in [0, 0.05) is 12.3 Å². The molecule has 0 saturated carbocycles. The first kappa shape index (κ1) is 18.9. The van der Waals surface area contributed by atoms with E-state index in [9.17, 15) is 18.5 Å². The lowest BCUT2D eigenvalue weighted by atomic mass is 9.82. The number of hydrogen-bond acceptors (Lipinski definition) is 5. The van der Waals surface area contributed by atoms with E-state index in [2.05, 4.69) is 20.8 Å². The predicted octanol–water partition coefficient (Wildman–Crippen LogP) is 4.48. The van der Waals surface area contributed by atoms with E-state index in [1.54, 1.807) is 12.1 Å². The Kier molecular flexibility index (Phi) is 5.17. The van der Waals surface area contributed by atoms with Crippen LogP contribution in [0.15, 0.2) is 47.4 Å². The van der Waals surface area contributed by atoms with Gasteiger partial charge in [-0.15, -0.1) is 0 Å². The molecule has 0 aliphatic rings. The summed E-state index contributed by atoms with van der Waals surface area (Å²) in [6.45, 7) is 6.38. The molecule has 0 spiro atoms. The number of hydrogen-bond donors (Lipinski definition) is 0. The average Bonchev–Trinajstić information content (AvgIpc) is 2.54. The minimum atomic E-state index is -3.53. The molecule has 0 amide bonds. The zero-order chi connectivity index (χ0) is 18.8. The molecule has 0 unspecified atom stereocenters. The number of nitro benzene ring substituents is 1. The molecule has 0 aliphatic carbocycles. The van der Waals surface area contributed by atoms with Gasteiger partial charge in [-0.05, 0) is 41.7 Å². The summed E-state index contributed by atoms with van der Waals surface area (Å²) in [4.78, 5) is 10.5. The van der Waals surface area contributed by atoms with Gasteiger partial charge in [0.1, 0.15) is 5.75 Å². The minimum absolute atomic E-state index is 0.0000910. The van der Waals surface area contributed by atoms with Crippen molar-refractivity contribution in [3.8, 4) is 11.5 Å². The van der Waals surface area contributed by atoms with Crippen molar-refractivity contribution in [1.82, 2.24) is 0 Å². The van der Waals surface area contributed by atoms with Gasteiger partial charge in [0.2, 0.25) is 5.75 Å². The molecule has 0 bridgehead atoms. The Morgan fingerprint density at radius 1 is 1.12 bits per heavy atom. The van der Waals surface area contributed by atoms with Crippen LogP contribution in [0, 0.1) is 10.1 Å². The fraction of sp³-hybridized carbons (Fsp3) is 0.333. The molecular formula is C18H21NO5S. The monoisotopic (exact) mass is 363 g/mol. The van der Waals surface area contributed by atoms with Crippen molar-refractivity contribution < 1.29 is 18.1 Å². The van der Waals surface area contributed by atoms with E-state index in [0.717, 1.165) is 24.3 Å². The molecule has 0 fully saturated rings. The van der Waals surface area contributed by atoms with E-state index in [1.807, 2.05) is 12.1 Å². The van der Waals surface area contributed by atoms with Gasteiger partial charge in [0.15, 0.2) is 9.84 Å². The standard InChI is InChI=1S/C18H21NO5S/c1-5-18(2,3)13-6-8-14(9-7-13)24-17-11-10-15(25(4,22)23)12-16(17)19(20)21/h6-12H,5H2,1-4H3. The fourth-order valence-corrected chi connectivity index (χ4v) is 2.90. The van der Waals surface area contributed by atoms with Crippen LogP contribution in [0.1, 0.15) is 32.8 Å². The van der Waals surface area contributed by atoms with Gasteiger partial charge in [-0.3, -0.25) is 10.1 Å². The molecule has 134 valence electrons. The van der Waals surface area contributed by atoms with Crippen LogP contribution in [0.4, 0.5) is 5.69 Å². The molecule has 0 N–H and O–H groups in total. The fourth-order valence-electron chi connectivity index (χ4n) is 2.26. The molecule has 0 aliphatic heterocycles. The lowest BCUT2D eigenvalue weighted by Crippen LogP contribution is -2.14. The second-order valence-corrected chi connectivity index (χ2v) is 8.54. The zero-order valence-corrected chi connectivity index (χ0v) is 15.5. The maximum Gasteiger partial charge on any atom is 0.312 e. The molecule has 0 radical (unpaired) electrons. The number of nitro groups is 1. The van der Waals surface area contributed by atoms with E-state index in [1.165, 1.54) is 12.1 Å². The Morgan fingerprint density at radius 2 is 1.72 bits per heavy atom. The SMILES string of the molecule is CCC(C)(C)c1ccc(Oc2ccc(S(C)(=O)=O)cc2[N+](=O)[O-])cc1. The van der Waals surface area contributed by atoms with Crippen LogP contribution < -0.4 is 4.74 Å². The van der Waals surface area contributed by atoms with Crippen molar-refractivity contribution in [3.63, 3.8) is 0 Å². The Hall–Kier alpha value is -2.41. The first-order valence-corrected chi connectivity index (χ1v) is 9.70. The summed E-state index contributed by atoms with van der Waals surface area (Å²) in [6, 6.07) is 11.0. The number of sulfone groups is 1. The third-order valence-electron chi connectivity index (χ3n) is 4.30. The maximum atomic E-state index is 11.6. The lowest BCUT2D eigenvalue weighted by molar-refractivity contribution is -0.385. The highest BCUT2D eigenvalue weighted by atomic mass is 32.2. The molecule has 0 heterocycles. The van der Waals surface area contributed by atoms with Crippen LogP contribution >= 0.6 is 0 Å². The second kappa shape index (κ2) is 6.84. The average molecular weight is 363 g/mol. The number of benzene rings is 2. The lowest BCUT2D eigenvalue weighted by Gasteiger charge is -2.23. The summed E-state index contributed by atoms with van der Waals surface area (Å²) < 4.78 is 28.8. The van der Waals surface area contributed by atoms with E-state index in [-0.39, 0.29) is 21.7 Å². The number of nitrogens with zero attached hydrogens (tertiary/aromatic N) is 1. The van der Waals surface area contributed by atoms with Gasteiger partial charge in [0.05, 0.1) is 9.82 Å². The Labute approximate surface area is 147 Å². The van der Waals surface area contributed by atoms with Gasteiger partial charge in [-0.1, -0.05) is 32.9 Å². The molecule has 2 aromatic rings. The number of rotatable bonds is 6. The van der Waals surface area contributed by atoms with Crippen LogP contribution in [-0.4, -0.2) is 19.6 Å². The third-order valence-corrected chi connectivity index (χ3v) is 5.41. The molecule has 6 nitrogen and oxygen atoms in total. The summed E-state index contributed by atoms with van der Waals surface area (Å²) in [5, 5.41) is 11.2. The van der Waals surface area contributed by atoms with Crippen molar-refractivity contribution in [1.29, 1.82) is 0 Å². The first-order valence-electron chi connectivity index (χ1n) is 7.81. The Balaban J connectivity index is 2.36. The van der Waals surface area contributed by atoms with E-state index >= 15 is 0 Å². The summed E-state index contributed by atoms with van der Waals surface area (Å²) in [5.41, 5.74) is 0.784. The summed E-state index contributed by atoms with van der Waals surface area (Å²) in [6.07, 6.45) is 1.98. The van der Waals surface area contributed by atoms with Crippen molar-refractivity contribution in [2.75, 3.05) is 6.26 Å². The van der Waals surface area contributed by atoms with Crippen molar-refractivity contribution in [2.24, 2.45) is 0 Å². The quantitative estimate of drug-likeness (QED) is 0.558. The molecular weight excluding hydrogens is 342 g/mol. The smallest absolute Gasteiger partial charge is 0.312 e. The van der Waals surface area contributed by atoms with Crippen molar-refractivity contribution in [2.45, 2.75) is 37.5 Å². The predicted molar refractivity (Wildman–Crippen MR) is 96.0 cm³/mol. The van der Waals surface area contributed by atoms with Gasteiger partial charge >= 0.3 is 5.69 Å². The third kappa shape index (κ3) is 4.36. The van der Waals surface area contributed by atoms with Crippen LogP contribution in [0.2, 0.25) is 0 Å². The molecule has 0 saturated heterocycles. The largest absolute Gasteiger partial charge is 0.450 e. The normalized spacial score (nSPS) is 12.0. The molecule has 2 aromatic carbocycles. The molecule has 2 rings (SSSR count). The second-order valence-electron chi connectivity index (χ2n) is 6.52. The van der Waals surface area contributed by atoms with E-state index in [4.69, 9.17) is 4.74 Å². The molecule has 7 heteroatoms. The zero-order valence-electron chi connectivity index (χ0n) is 14.6. The summed E-state index contributed by atoms with van der Waals surface area (Å²) in [5.74, 6) is 0.450. The summed E-state index contributed by atoms with van der Waals surface area (Å²) in [7, 11) is -3.53. The highest BCUT2D eigenvalue weighted by Gasteiger charge is 2.21. The van der Waals surface area contributed by atoms with Crippen LogP contribution in [0.25, 0.3) is 0 Å². The van der Waals surface area contributed by atoms with Crippen LogP contribution in [0.3, 0.4) is 0 Å². The molecule has 0 atom stereocenters. The van der Waals surface area contributed by atoms with Gasteiger partial charge in [-0.25, -0.2) is 8.42 Å². The minimum Gasteiger partial charge on any atom is -0.450 e. The van der Waals surface area contributed by atoms with Crippen molar-refractivity contribution in [3.05, 3.63) is 58.1 Å². The maximum absolute atomic E-state index is 11.6. The number of ether oxygens (including phenoxy) is 1. The topological polar surface area (TPSA) is 86.5 Å². The van der Waals surface area contributed by atoms with Gasteiger partial charge in [-0.2, -0.15) is 0 Å². The summed E-state index contributed by atoms with van der Waals surface area (Å²) >= 11 is 0. The van der Waals surface area contributed by atoms with E-state index in [0.29, 0.717) is 5.75 Å². The molecule has 25 heavy (non-hydrogen) atoms. The Bertz CT molecular complexity index is 886. The van der Waals surface area contributed by atoms with E-state index < -0.39 is 14.8 Å². The van der Waals surface area contributed by atoms with Gasteiger partial charge < -0.3 is 4.74 Å². The van der Waals surface area contributed by atoms with Crippen LogP contribution in [0.5, 0.6) is 11.5 Å². The van der Waals surface area contributed by atoms with Crippen molar-refractivity contribution >= 4 is 15.5 Å². The molecule has 0 aromatic heterocycles. The van der Waals surface area contributed by atoms with Gasteiger partial charge in [0.25, 0.3) is 0 Å². The highest BCUT2D eigenvalue weighted by molar-refractivity contribution is 7.90. The Morgan fingerprint density at radius 3 is 2.20 bits per heavy atom.